The van der Waals surface area contributed by atoms with Crippen LogP contribution >= 0.6 is 0 Å². The fourth-order valence-corrected chi connectivity index (χ4v) is 2.72. The number of carbonyl (C=O) groups excluding carboxylic acids is 1. The molecule has 1 aliphatic heterocycles. The number of piperidine rings is 1. The van der Waals surface area contributed by atoms with Gasteiger partial charge in [0, 0.05) is 25.3 Å². The fourth-order valence-electron chi connectivity index (χ4n) is 2.72. The molecule has 1 aliphatic rings. The van der Waals surface area contributed by atoms with E-state index < -0.39 is 0 Å². The van der Waals surface area contributed by atoms with Gasteiger partial charge in [-0.2, -0.15) is 0 Å². The maximum absolute atomic E-state index is 11.4. The molecule has 0 saturated carbocycles. The third kappa shape index (κ3) is 3.55. The number of esters is 1. The molecule has 1 aromatic heterocycles. The predicted molar refractivity (Wildman–Crippen MR) is 77.2 cm³/mol. The number of methoxy groups -OCH3 is 1. The average molecular weight is 277 g/mol. The second kappa shape index (κ2) is 6.81. The van der Waals surface area contributed by atoms with Gasteiger partial charge in [-0.1, -0.05) is 6.92 Å². The van der Waals surface area contributed by atoms with Gasteiger partial charge in [-0.05, 0) is 37.4 Å². The van der Waals surface area contributed by atoms with Crippen molar-refractivity contribution in [3.05, 3.63) is 29.6 Å². The zero-order valence-electron chi connectivity index (χ0n) is 12.2. The highest BCUT2D eigenvalue weighted by Gasteiger charge is 2.25. The summed E-state index contributed by atoms with van der Waals surface area (Å²) in [7, 11) is 1.37. The van der Waals surface area contributed by atoms with Crippen molar-refractivity contribution < 1.29 is 9.53 Å². The highest BCUT2D eigenvalue weighted by atomic mass is 16.5. The number of rotatable bonds is 4. The van der Waals surface area contributed by atoms with Gasteiger partial charge < -0.3 is 10.5 Å². The molecule has 2 N–H and O–H groups in total. The number of carbonyl (C=O) groups is 1. The summed E-state index contributed by atoms with van der Waals surface area (Å²) in [5.41, 5.74) is 7.32. The van der Waals surface area contributed by atoms with Crippen LogP contribution in [0.4, 0.5) is 0 Å². The van der Waals surface area contributed by atoms with Crippen LogP contribution in [0.1, 0.15) is 35.8 Å². The molecule has 5 heteroatoms. The van der Waals surface area contributed by atoms with E-state index in [-0.39, 0.29) is 5.97 Å². The largest absolute Gasteiger partial charge is 0.465 e. The van der Waals surface area contributed by atoms with Gasteiger partial charge >= 0.3 is 5.97 Å². The van der Waals surface area contributed by atoms with Gasteiger partial charge in [-0.3, -0.25) is 9.88 Å². The molecular formula is C15H23N3O2. The van der Waals surface area contributed by atoms with E-state index in [9.17, 15) is 4.79 Å². The van der Waals surface area contributed by atoms with Crippen LogP contribution in [0.15, 0.2) is 18.3 Å². The van der Waals surface area contributed by atoms with Crippen LogP contribution in [-0.4, -0.2) is 42.1 Å². The second-order valence-electron chi connectivity index (χ2n) is 5.52. The Hall–Kier alpha value is -1.46. The molecule has 2 unspecified atom stereocenters. The van der Waals surface area contributed by atoms with Crippen LogP contribution in [0.25, 0.3) is 0 Å². The molecule has 0 spiro atoms. The summed E-state index contributed by atoms with van der Waals surface area (Å²) in [6.07, 6.45) is 3.93. The lowest BCUT2D eigenvalue weighted by Crippen LogP contribution is -2.45. The molecule has 0 radical (unpaired) electrons. The Morgan fingerprint density at radius 2 is 2.35 bits per heavy atom. The molecule has 110 valence electrons. The summed E-state index contributed by atoms with van der Waals surface area (Å²) in [6, 6.07) is 4.08. The summed E-state index contributed by atoms with van der Waals surface area (Å²) in [5, 5.41) is 0. The van der Waals surface area contributed by atoms with Gasteiger partial charge in [0.2, 0.25) is 0 Å². The smallest absolute Gasteiger partial charge is 0.339 e. The summed E-state index contributed by atoms with van der Waals surface area (Å²) in [5.74, 6) is 0.394. The monoisotopic (exact) mass is 277 g/mol. The zero-order valence-corrected chi connectivity index (χ0v) is 12.2. The van der Waals surface area contributed by atoms with Crippen LogP contribution in [0, 0.1) is 5.92 Å². The molecule has 2 heterocycles. The van der Waals surface area contributed by atoms with Crippen LogP contribution in [0.2, 0.25) is 0 Å². The number of nitrogens with zero attached hydrogens (tertiary/aromatic N) is 2. The van der Waals surface area contributed by atoms with E-state index >= 15 is 0 Å². The van der Waals surface area contributed by atoms with Crippen molar-refractivity contribution in [1.82, 2.24) is 9.88 Å². The number of pyridine rings is 1. The van der Waals surface area contributed by atoms with E-state index in [0.717, 1.165) is 31.1 Å². The maximum Gasteiger partial charge on any atom is 0.339 e. The van der Waals surface area contributed by atoms with Crippen molar-refractivity contribution in [3.63, 3.8) is 0 Å². The Labute approximate surface area is 120 Å². The van der Waals surface area contributed by atoms with Crippen molar-refractivity contribution in [2.75, 3.05) is 20.2 Å². The van der Waals surface area contributed by atoms with Crippen LogP contribution in [0.3, 0.4) is 0 Å². The number of hydrogen-bond donors (Lipinski definition) is 1. The first kappa shape index (κ1) is 14.9. The minimum atomic E-state index is -0.351. The number of nitrogens with two attached hydrogens (primary N) is 1. The van der Waals surface area contributed by atoms with Crippen molar-refractivity contribution in [3.8, 4) is 0 Å². The molecule has 20 heavy (non-hydrogen) atoms. The summed E-state index contributed by atoms with van der Waals surface area (Å²) in [6.45, 7) is 4.81. The van der Waals surface area contributed by atoms with E-state index in [2.05, 4.69) is 21.5 Å². The topological polar surface area (TPSA) is 68.5 Å². The molecule has 0 amide bonds. The van der Waals surface area contributed by atoms with E-state index in [1.54, 1.807) is 12.3 Å². The van der Waals surface area contributed by atoms with E-state index in [4.69, 9.17) is 5.73 Å². The second-order valence-corrected chi connectivity index (χ2v) is 5.52. The Morgan fingerprint density at radius 3 is 2.95 bits per heavy atom. The minimum Gasteiger partial charge on any atom is -0.465 e. The lowest BCUT2D eigenvalue weighted by atomic mass is 9.92. The Balaban J connectivity index is 2.00. The highest BCUT2D eigenvalue weighted by Crippen LogP contribution is 2.23. The third-order valence-electron chi connectivity index (χ3n) is 3.98. The lowest BCUT2D eigenvalue weighted by Gasteiger charge is -2.37. The minimum absolute atomic E-state index is 0.351. The molecule has 1 fully saturated rings. The van der Waals surface area contributed by atoms with Gasteiger partial charge in [0.15, 0.2) is 0 Å². The molecule has 2 atom stereocenters. The summed E-state index contributed by atoms with van der Waals surface area (Å²) < 4.78 is 4.67. The van der Waals surface area contributed by atoms with Crippen LogP contribution < -0.4 is 5.73 Å². The average Bonchev–Trinajstić information content (AvgIpc) is 2.49. The van der Waals surface area contributed by atoms with Crippen molar-refractivity contribution >= 4 is 5.97 Å². The SMILES string of the molecule is COC(=O)c1ccc(CN2CCC(C)CC2CN)nc1. The van der Waals surface area contributed by atoms with Crippen molar-refractivity contribution in [1.29, 1.82) is 0 Å². The van der Waals surface area contributed by atoms with Gasteiger partial charge in [0.25, 0.3) is 0 Å². The quantitative estimate of drug-likeness (QED) is 0.843. The number of aromatic nitrogens is 1. The molecule has 0 aliphatic carbocycles. The summed E-state index contributed by atoms with van der Waals surface area (Å²) >= 11 is 0. The van der Waals surface area contributed by atoms with Gasteiger partial charge in [0.05, 0.1) is 18.4 Å². The van der Waals surface area contributed by atoms with Crippen molar-refractivity contribution in [2.45, 2.75) is 32.4 Å². The number of hydrogen-bond acceptors (Lipinski definition) is 5. The third-order valence-corrected chi connectivity index (χ3v) is 3.98. The number of likely N-dealkylation sites (tertiary alicyclic amines) is 1. The van der Waals surface area contributed by atoms with Crippen LogP contribution in [-0.2, 0) is 11.3 Å². The van der Waals surface area contributed by atoms with Gasteiger partial charge in [-0.25, -0.2) is 4.79 Å². The van der Waals surface area contributed by atoms with Gasteiger partial charge in [-0.15, -0.1) is 0 Å². The maximum atomic E-state index is 11.4. The first-order valence-corrected chi connectivity index (χ1v) is 7.11. The van der Waals surface area contributed by atoms with E-state index in [1.165, 1.54) is 13.5 Å². The molecule has 1 aromatic rings. The first-order chi connectivity index (χ1) is 9.63. The summed E-state index contributed by atoms with van der Waals surface area (Å²) in [4.78, 5) is 18.1. The molecule has 5 nitrogen and oxygen atoms in total. The highest BCUT2D eigenvalue weighted by molar-refractivity contribution is 5.88. The predicted octanol–water partition coefficient (Wildman–Crippen LogP) is 1.43. The van der Waals surface area contributed by atoms with Crippen LogP contribution in [0.5, 0.6) is 0 Å². The molecular weight excluding hydrogens is 254 g/mol. The van der Waals surface area contributed by atoms with Crippen molar-refractivity contribution in [2.24, 2.45) is 11.7 Å². The standard InChI is InChI=1S/C15H23N3O2/c1-11-5-6-18(14(7-11)8-16)10-13-4-3-12(9-17-13)15(19)20-2/h3-4,9,11,14H,5-8,10,16H2,1-2H3. The van der Waals surface area contributed by atoms with Gasteiger partial charge in [0.1, 0.15) is 0 Å². The fraction of sp³-hybridized carbons (Fsp3) is 0.600. The molecule has 2 rings (SSSR count). The molecule has 0 aromatic carbocycles. The number of ether oxygens (including phenoxy) is 1. The Morgan fingerprint density at radius 1 is 1.55 bits per heavy atom. The lowest BCUT2D eigenvalue weighted by molar-refractivity contribution is 0.0600. The molecule has 1 saturated heterocycles. The molecule has 0 bridgehead atoms. The zero-order chi connectivity index (χ0) is 14.5. The Kier molecular flexibility index (Phi) is 5.09. The first-order valence-electron chi connectivity index (χ1n) is 7.11. The normalized spacial score (nSPS) is 23.6. The van der Waals surface area contributed by atoms with E-state index in [0.29, 0.717) is 18.2 Å². The Bertz CT molecular complexity index is 447. The van der Waals surface area contributed by atoms with E-state index in [1.807, 2.05) is 6.07 Å².